The van der Waals surface area contributed by atoms with Crippen molar-refractivity contribution in [2.45, 2.75) is 57.2 Å². The predicted molar refractivity (Wildman–Crippen MR) is 89.7 cm³/mol. The number of carbonyl (C=O) groups is 2. The van der Waals surface area contributed by atoms with E-state index in [0.717, 1.165) is 4.90 Å². The molecule has 0 bridgehead atoms. The molecule has 2 amide bonds. The van der Waals surface area contributed by atoms with E-state index in [2.05, 4.69) is 20.9 Å². The van der Waals surface area contributed by atoms with Gasteiger partial charge >= 0.3 is 17.9 Å². The van der Waals surface area contributed by atoms with Crippen LogP contribution in [0.5, 0.6) is 0 Å². The quantitative estimate of drug-likeness (QED) is 0.797. The van der Waals surface area contributed by atoms with Crippen molar-refractivity contribution in [1.29, 1.82) is 0 Å². The second kappa shape index (κ2) is 5.62. The summed E-state index contributed by atoms with van der Waals surface area (Å²) in [6, 6.07) is 0.403. The Hall–Kier alpha value is -1.77. The lowest BCUT2D eigenvalue weighted by molar-refractivity contribution is -0.142. The second-order valence-corrected chi connectivity index (χ2v) is 8.29. The second-order valence-electron chi connectivity index (χ2n) is 7.38. The summed E-state index contributed by atoms with van der Waals surface area (Å²) in [5, 5.41) is 9.43. The van der Waals surface area contributed by atoms with Gasteiger partial charge in [-0.1, -0.05) is 0 Å². The molecule has 6 nitrogen and oxygen atoms in total. The summed E-state index contributed by atoms with van der Waals surface area (Å²) in [6.07, 6.45) is 0.928. The average molecular weight is 418 g/mol. The molecule has 2 aliphatic rings. The Morgan fingerprint density at radius 1 is 1.44 bits per heavy atom. The summed E-state index contributed by atoms with van der Waals surface area (Å²) in [7, 11) is 0. The molecule has 0 atom stereocenters. The van der Waals surface area contributed by atoms with Crippen molar-refractivity contribution in [1.82, 2.24) is 9.88 Å². The number of pyridine rings is 1. The maximum absolute atomic E-state index is 14.3. The van der Waals surface area contributed by atoms with Crippen LogP contribution in [0.2, 0.25) is 0 Å². The van der Waals surface area contributed by atoms with Crippen LogP contribution in [-0.4, -0.2) is 44.6 Å². The first-order valence-electron chi connectivity index (χ1n) is 7.84. The lowest BCUT2D eigenvalue weighted by Crippen LogP contribution is -2.61. The summed E-state index contributed by atoms with van der Waals surface area (Å²) in [4.78, 5) is 30.1. The molecule has 1 fully saturated rings. The van der Waals surface area contributed by atoms with E-state index in [1.54, 1.807) is 20.8 Å². The van der Waals surface area contributed by atoms with Crippen LogP contribution >= 0.6 is 15.9 Å². The van der Waals surface area contributed by atoms with Crippen LogP contribution in [0, 0.1) is 0 Å². The fourth-order valence-corrected chi connectivity index (χ4v) is 3.86. The Morgan fingerprint density at radius 2 is 2.04 bits per heavy atom. The van der Waals surface area contributed by atoms with Gasteiger partial charge < -0.3 is 10.0 Å². The third-order valence-electron chi connectivity index (χ3n) is 4.63. The van der Waals surface area contributed by atoms with Crippen molar-refractivity contribution in [2.75, 3.05) is 4.90 Å². The number of carboxylic acid groups (broad SMARTS) is 1. The number of carbonyl (C=O) groups excluding carboxylic acids is 1. The Kier molecular flexibility index (Phi) is 4.05. The number of aromatic nitrogens is 1. The molecule has 0 unspecified atom stereocenters. The molecule has 1 aromatic rings. The van der Waals surface area contributed by atoms with Crippen molar-refractivity contribution < 1.29 is 23.5 Å². The van der Waals surface area contributed by atoms with Gasteiger partial charge in [-0.25, -0.2) is 9.78 Å². The van der Waals surface area contributed by atoms with Crippen molar-refractivity contribution in [3.05, 3.63) is 22.3 Å². The standard InChI is InChI=1S/C16H18BrF2N3O3/c1-15(2,3)22(14(24)25)10-5-9(6-10)21-12-11(4-8(17)7-20-12)16(18,19)13(21)23/h4,7,9-10H,5-6H2,1-3H3,(H,24,25). The lowest BCUT2D eigenvalue weighted by atomic mass is 9.82. The highest BCUT2D eigenvalue weighted by molar-refractivity contribution is 9.10. The minimum Gasteiger partial charge on any atom is -0.465 e. The van der Waals surface area contributed by atoms with Crippen molar-refractivity contribution in [2.24, 2.45) is 0 Å². The van der Waals surface area contributed by atoms with E-state index < -0.39 is 35.1 Å². The van der Waals surface area contributed by atoms with Crippen LogP contribution < -0.4 is 4.90 Å². The molecule has 3 rings (SSSR count). The van der Waals surface area contributed by atoms with Crippen LogP contribution in [0.15, 0.2) is 16.7 Å². The van der Waals surface area contributed by atoms with E-state index in [9.17, 15) is 23.5 Å². The van der Waals surface area contributed by atoms with E-state index in [-0.39, 0.29) is 11.9 Å². The molecule has 0 aromatic carbocycles. The molecule has 2 heterocycles. The fourth-order valence-electron chi connectivity index (χ4n) is 3.53. The van der Waals surface area contributed by atoms with Gasteiger partial charge in [0.25, 0.3) is 0 Å². The van der Waals surface area contributed by atoms with Crippen LogP contribution in [0.25, 0.3) is 0 Å². The van der Waals surface area contributed by atoms with Gasteiger partial charge in [0.05, 0.1) is 5.56 Å². The summed E-state index contributed by atoms with van der Waals surface area (Å²) >= 11 is 3.09. The highest BCUT2D eigenvalue weighted by Gasteiger charge is 2.58. The smallest absolute Gasteiger partial charge is 0.407 e. The third-order valence-corrected chi connectivity index (χ3v) is 5.07. The summed E-state index contributed by atoms with van der Waals surface area (Å²) < 4.78 is 29.0. The number of halogens is 3. The van der Waals surface area contributed by atoms with Crippen LogP contribution in [0.3, 0.4) is 0 Å². The minimum atomic E-state index is -3.62. The van der Waals surface area contributed by atoms with E-state index >= 15 is 0 Å². The van der Waals surface area contributed by atoms with E-state index in [1.807, 2.05) is 0 Å². The highest BCUT2D eigenvalue weighted by Crippen LogP contribution is 2.48. The Bertz CT molecular complexity index is 745. The molecule has 0 spiro atoms. The monoisotopic (exact) mass is 417 g/mol. The Morgan fingerprint density at radius 3 is 2.56 bits per heavy atom. The zero-order chi connectivity index (χ0) is 18.7. The van der Waals surface area contributed by atoms with Gasteiger partial charge in [0.15, 0.2) is 0 Å². The number of alkyl halides is 2. The molecule has 0 radical (unpaired) electrons. The molecule has 1 aliphatic carbocycles. The molecule has 1 aliphatic heterocycles. The van der Waals surface area contributed by atoms with Crippen molar-refractivity contribution in [3.63, 3.8) is 0 Å². The number of amides is 2. The minimum absolute atomic E-state index is 0.0423. The van der Waals surface area contributed by atoms with Gasteiger partial charge in [-0.3, -0.25) is 9.69 Å². The van der Waals surface area contributed by atoms with Crippen LogP contribution in [0.1, 0.15) is 39.2 Å². The Balaban J connectivity index is 1.84. The Labute approximate surface area is 151 Å². The first-order chi connectivity index (χ1) is 11.4. The molecule has 1 N–H and O–H groups in total. The number of rotatable bonds is 2. The van der Waals surface area contributed by atoms with Gasteiger partial charge in [-0.2, -0.15) is 8.78 Å². The maximum Gasteiger partial charge on any atom is 0.407 e. The molecule has 25 heavy (non-hydrogen) atoms. The molecule has 9 heteroatoms. The zero-order valence-corrected chi connectivity index (χ0v) is 15.5. The van der Waals surface area contributed by atoms with Gasteiger partial charge in [-0.15, -0.1) is 0 Å². The number of hydrogen-bond donors (Lipinski definition) is 1. The highest BCUT2D eigenvalue weighted by atomic mass is 79.9. The zero-order valence-electron chi connectivity index (χ0n) is 14.0. The van der Waals surface area contributed by atoms with E-state index in [1.165, 1.54) is 17.2 Å². The maximum atomic E-state index is 14.3. The van der Waals surface area contributed by atoms with Crippen LogP contribution in [-0.2, 0) is 10.7 Å². The fraction of sp³-hybridized carbons (Fsp3) is 0.562. The normalized spacial score (nSPS) is 24.7. The van der Waals surface area contributed by atoms with Crippen molar-refractivity contribution in [3.8, 4) is 0 Å². The molecule has 0 saturated heterocycles. The molecular weight excluding hydrogens is 400 g/mol. The number of hydrogen-bond acceptors (Lipinski definition) is 3. The number of fused-ring (bicyclic) bond motifs is 1. The van der Waals surface area contributed by atoms with Gasteiger partial charge in [-0.05, 0) is 55.6 Å². The SMILES string of the molecule is CC(C)(C)N(C(=O)O)C1CC(N2C(=O)C(F)(F)c3cc(Br)cnc32)C1. The van der Waals surface area contributed by atoms with Crippen molar-refractivity contribution >= 4 is 33.7 Å². The van der Waals surface area contributed by atoms with Gasteiger partial charge in [0.2, 0.25) is 0 Å². The third kappa shape index (κ3) is 2.78. The predicted octanol–water partition coefficient (Wildman–Crippen LogP) is 3.59. The van der Waals surface area contributed by atoms with E-state index in [4.69, 9.17) is 0 Å². The van der Waals surface area contributed by atoms with Gasteiger partial charge in [0, 0.05) is 28.3 Å². The largest absolute Gasteiger partial charge is 0.465 e. The van der Waals surface area contributed by atoms with Gasteiger partial charge in [0.1, 0.15) is 5.82 Å². The molecular formula is C16H18BrF2N3O3. The topological polar surface area (TPSA) is 73.7 Å². The molecule has 136 valence electrons. The summed E-state index contributed by atoms with van der Waals surface area (Å²) in [6.45, 7) is 5.33. The van der Waals surface area contributed by atoms with E-state index in [0.29, 0.717) is 17.3 Å². The summed E-state index contributed by atoms with van der Waals surface area (Å²) in [5.74, 6) is -4.96. The van der Waals surface area contributed by atoms with Crippen LogP contribution in [0.4, 0.5) is 19.4 Å². The molecule has 1 saturated carbocycles. The number of nitrogens with zero attached hydrogens (tertiary/aromatic N) is 3. The number of anilines is 1. The molecule has 1 aromatic heterocycles. The summed E-state index contributed by atoms with van der Waals surface area (Å²) in [5.41, 5.74) is -1.03. The first kappa shape index (κ1) is 18.0. The lowest BCUT2D eigenvalue weighted by Gasteiger charge is -2.49. The average Bonchev–Trinajstić information content (AvgIpc) is 2.60. The first-order valence-corrected chi connectivity index (χ1v) is 8.63.